The van der Waals surface area contributed by atoms with Crippen LogP contribution in [0.1, 0.15) is 64.1 Å². The number of likely N-dealkylation sites (tertiary alicyclic amines) is 2. The lowest BCUT2D eigenvalue weighted by atomic mass is 9.72. The third-order valence-electron chi connectivity index (χ3n) is 14.6. The molecule has 1 spiro atoms. The molecule has 4 fully saturated rings. The summed E-state index contributed by atoms with van der Waals surface area (Å²) >= 11 is 1.26. The first-order valence-electron chi connectivity index (χ1n) is 23.0. The summed E-state index contributed by atoms with van der Waals surface area (Å²) in [6.45, 7) is 3.33. The van der Waals surface area contributed by atoms with Crippen molar-refractivity contribution in [3.63, 3.8) is 0 Å². The molecular formula is C48H45F3N12O5S. The molecule has 12 rings (SSSR count). The second-order valence-corrected chi connectivity index (χ2v) is 20.0. The van der Waals surface area contributed by atoms with Gasteiger partial charge >= 0.3 is 6.03 Å². The number of benzene rings is 3. The van der Waals surface area contributed by atoms with Crippen LogP contribution < -0.4 is 20.4 Å². The molecule has 21 heteroatoms. The molecule has 0 aliphatic carbocycles. The van der Waals surface area contributed by atoms with E-state index in [1.54, 1.807) is 42.2 Å². The maximum absolute atomic E-state index is 16.0. The van der Waals surface area contributed by atoms with E-state index in [2.05, 4.69) is 35.7 Å². The SMILES string of the molecule is O=C1CCN(c2n[nH]c3cc(C4CCN(C(=O)CN5CC6(C5)CN(c5ccc(-c7cc(F)c8c(c7)C(=O)N(C(C(=O)Nc7nccs7)c7ncn9c7CCC9)C8)cc5)C6)CC4(F)F)ccc23)C(=O)N1. The minimum absolute atomic E-state index is 0.00264. The average molecular weight is 959 g/mol. The number of thiazole rings is 1. The maximum Gasteiger partial charge on any atom is 0.329 e. The fraction of sp³-hybridized carbons (Fsp3) is 0.375. The molecule has 4 saturated heterocycles. The second kappa shape index (κ2) is 16.3. The number of hydrogen-bond acceptors (Lipinski definition) is 11. The van der Waals surface area contributed by atoms with Crippen LogP contribution >= 0.6 is 11.3 Å². The number of piperidine rings is 1. The van der Waals surface area contributed by atoms with Crippen LogP contribution in [0.4, 0.5) is 34.6 Å². The first-order chi connectivity index (χ1) is 33.3. The fourth-order valence-electron chi connectivity index (χ4n) is 11.3. The number of aromatic nitrogens is 5. The van der Waals surface area contributed by atoms with Gasteiger partial charge in [-0.1, -0.05) is 18.2 Å². The number of imide groups is 1. The number of imidazole rings is 1. The first kappa shape index (κ1) is 43.2. The molecule has 2 unspecified atom stereocenters. The molecule has 69 heavy (non-hydrogen) atoms. The van der Waals surface area contributed by atoms with Crippen molar-refractivity contribution in [2.75, 3.05) is 67.5 Å². The molecule has 0 bridgehead atoms. The number of fused-ring (bicyclic) bond motifs is 3. The zero-order valence-electron chi connectivity index (χ0n) is 37.1. The topological polar surface area (TPSA) is 185 Å². The first-order valence-corrected chi connectivity index (χ1v) is 23.9. The lowest BCUT2D eigenvalue weighted by Crippen LogP contribution is -2.73. The number of carbonyl (C=O) groups excluding carboxylic acids is 5. The zero-order chi connectivity index (χ0) is 47.3. The molecule has 3 aromatic heterocycles. The Balaban J connectivity index is 0.648. The number of rotatable bonds is 10. The second-order valence-electron chi connectivity index (χ2n) is 19.1. The number of aromatic amines is 1. The van der Waals surface area contributed by atoms with Gasteiger partial charge in [0.15, 0.2) is 17.0 Å². The van der Waals surface area contributed by atoms with Crippen LogP contribution in [0.15, 0.2) is 72.5 Å². The lowest BCUT2D eigenvalue weighted by molar-refractivity contribution is -0.149. The number of anilines is 3. The summed E-state index contributed by atoms with van der Waals surface area (Å²) in [6, 6.07) is 14.1. The van der Waals surface area contributed by atoms with Crippen LogP contribution in [0.25, 0.3) is 22.0 Å². The number of H-pyrrole nitrogens is 1. The lowest BCUT2D eigenvalue weighted by Gasteiger charge is -2.61. The molecule has 6 amide bonds. The van der Waals surface area contributed by atoms with Crippen LogP contribution in [0.2, 0.25) is 0 Å². The van der Waals surface area contributed by atoms with E-state index in [9.17, 15) is 24.0 Å². The summed E-state index contributed by atoms with van der Waals surface area (Å²) in [7, 11) is 0. The van der Waals surface area contributed by atoms with Crippen molar-refractivity contribution in [2.24, 2.45) is 5.41 Å². The highest BCUT2D eigenvalue weighted by Gasteiger charge is 2.53. The number of aryl methyl sites for hydroxylation is 1. The summed E-state index contributed by atoms with van der Waals surface area (Å²) in [6.07, 6.45) is 5.11. The highest BCUT2D eigenvalue weighted by Crippen LogP contribution is 2.45. The van der Waals surface area contributed by atoms with Gasteiger partial charge in [-0.25, -0.2) is 27.9 Å². The number of halogens is 3. The van der Waals surface area contributed by atoms with Crippen LogP contribution in [-0.4, -0.2) is 127 Å². The maximum atomic E-state index is 16.0. The summed E-state index contributed by atoms with van der Waals surface area (Å²) in [5, 5.41) is 14.9. The van der Waals surface area contributed by atoms with Crippen molar-refractivity contribution in [1.82, 2.24) is 44.7 Å². The predicted octanol–water partition coefficient (Wildman–Crippen LogP) is 5.52. The van der Waals surface area contributed by atoms with Gasteiger partial charge in [-0.2, -0.15) is 5.10 Å². The highest BCUT2D eigenvalue weighted by atomic mass is 32.1. The van der Waals surface area contributed by atoms with E-state index < -0.39 is 48.1 Å². The third-order valence-corrected chi connectivity index (χ3v) is 15.3. The van der Waals surface area contributed by atoms with E-state index in [1.807, 2.05) is 33.7 Å². The van der Waals surface area contributed by atoms with Gasteiger partial charge in [-0.3, -0.25) is 44.7 Å². The fourth-order valence-corrected chi connectivity index (χ4v) is 11.8. The molecule has 6 aliphatic heterocycles. The van der Waals surface area contributed by atoms with Crippen LogP contribution in [0, 0.1) is 11.2 Å². The molecule has 2 atom stereocenters. The molecule has 6 aromatic rings. The Labute approximate surface area is 396 Å². The van der Waals surface area contributed by atoms with Crippen molar-refractivity contribution in [2.45, 2.75) is 56.7 Å². The Morgan fingerprint density at radius 1 is 0.928 bits per heavy atom. The molecule has 9 heterocycles. The monoisotopic (exact) mass is 958 g/mol. The number of hydrogen-bond donors (Lipinski definition) is 3. The molecule has 3 N–H and O–H groups in total. The van der Waals surface area contributed by atoms with Crippen LogP contribution in [0.3, 0.4) is 0 Å². The minimum Gasteiger partial charge on any atom is -0.370 e. The van der Waals surface area contributed by atoms with Gasteiger partial charge in [0.25, 0.3) is 17.7 Å². The molecule has 0 saturated carbocycles. The molecule has 6 aliphatic rings. The summed E-state index contributed by atoms with van der Waals surface area (Å²) < 4.78 is 49.5. The molecule has 354 valence electrons. The van der Waals surface area contributed by atoms with Crippen LogP contribution in [-0.2, 0) is 33.9 Å². The highest BCUT2D eigenvalue weighted by molar-refractivity contribution is 7.13. The van der Waals surface area contributed by atoms with Gasteiger partial charge in [0.1, 0.15) is 5.82 Å². The van der Waals surface area contributed by atoms with Gasteiger partial charge in [0, 0.05) is 97.1 Å². The Hall–Kier alpha value is -7.13. The van der Waals surface area contributed by atoms with Gasteiger partial charge < -0.3 is 19.3 Å². The standard InChI is InChI=1S/C48H45F3N12O5S/c49-35-17-29(16-32-33(35)19-63(44(32)67)41(43(66)55-45-52-11-15-69-45)40-37-2-1-12-60(37)26-53-40)27-3-6-30(7-4-27)61-23-47(24-61)21-58(22-47)20-39(65)59-13-9-34(48(50,51)25-59)28-5-8-31-36(18-28)56-57-42(31)62-14-10-38(64)54-46(62)68/h3-8,11,15-18,26,34,41H,1-2,9-10,12-14,19-25H2,(H,56,57)(H,52,55,66)(H,54,64,68). The Morgan fingerprint density at radius 2 is 1.75 bits per heavy atom. The molecule has 3 aromatic carbocycles. The summed E-state index contributed by atoms with van der Waals surface area (Å²) in [4.78, 5) is 82.4. The Bertz CT molecular complexity index is 3090. The predicted molar refractivity (Wildman–Crippen MR) is 247 cm³/mol. The van der Waals surface area contributed by atoms with E-state index in [1.165, 1.54) is 32.1 Å². The van der Waals surface area contributed by atoms with Gasteiger partial charge in [0.2, 0.25) is 11.8 Å². The van der Waals surface area contributed by atoms with Crippen molar-refractivity contribution in [3.8, 4) is 11.1 Å². The minimum atomic E-state index is -3.17. The number of nitrogens with zero attached hydrogens (tertiary/aromatic N) is 9. The number of amides is 6. The average Bonchev–Trinajstić information content (AvgIpc) is 4.16. The summed E-state index contributed by atoms with van der Waals surface area (Å²) in [5.74, 6) is -6.08. The van der Waals surface area contributed by atoms with Gasteiger partial charge in [0.05, 0.1) is 43.1 Å². The van der Waals surface area contributed by atoms with E-state index >= 15 is 13.2 Å². The third kappa shape index (κ3) is 7.49. The van der Waals surface area contributed by atoms with E-state index in [4.69, 9.17) is 0 Å². The summed E-state index contributed by atoms with van der Waals surface area (Å²) in [5.41, 5.74) is 4.98. The number of alkyl halides is 2. The quantitative estimate of drug-likeness (QED) is 0.158. The van der Waals surface area contributed by atoms with Crippen molar-refractivity contribution in [1.29, 1.82) is 0 Å². The largest absolute Gasteiger partial charge is 0.370 e. The van der Waals surface area contributed by atoms with E-state index in [-0.39, 0.29) is 67.4 Å². The van der Waals surface area contributed by atoms with Crippen LogP contribution in [0.5, 0.6) is 0 Å². The molecule has 17 nitrogen and oxygen atoms in total. The molecular weight excluding hydrogens is 914 g/mol. The Kier molecular flexibility index (Phi) is 10.2. The van der Waals surface area contributed by atoms with Crippen molar-refractivity contribution < 1.29 is 37.1 Å². The number of urea groups is 1. The van der Waals surface area contributed by atoms with E-state index in [0.29, 0.717) is 51.8 Å². The van der Waals surface area contributed by atoms with Gasteiger partial charge in [-0.15, -0.1) is 11.3 Å². The number of carbonyl (C=O) groups is 5. The van der Waals surface area contributed by atoms with Gasteiger partial charge in [-0.05, 0) is 72.4 Å². The smallest absolute Gasteiger partial charge is 0.329 e. The normalized spacial score (nSPS) is 21.0. The van der Waals surface area contributed by atoms with Crippen molar-refractivity contribution >= 4 is 68.5 Å². The number of nitrogens with one attached hydrogen (secondary N) is 3. The van der Waals surface area contributed by atoms with Crippen molar-refractivity contribution in [3.05, 3.63) is 106 Å². The molecule has 0 radical (unpaired) electrons. The van der Waals surface area contributed by atoms with E-state index in [0.717, 1.165) is 49.4 Å². The Morgan fingerprint density at radius 3 is 2.52 bits per heavy atom. The zero-order valence-corrected chi connectivity index (χ0v) is 37.9.